The molecule has 92 valence electrons. The molecule has 0 aliphatic carbocycles. The molecule has 0 saturated heterocycles. The Hall–Kier alpha value is -2.36. The van der Waals surface area contributed by atoms with Crippen LogP contribution in [0.3, 0.4) is 0 Å². The Labute approximate surface area is 104 Å². The third-order valence-corrected chi connectivity index (χ3v) is 2.83. The summed E-state index contributed by atoms with van der Waals surface area (Å²) < 4.78 is 1.49. The van der Waals surface area contributed by atoms with Gasteiger partial charge in [-0.1, -0.05) is 30.3 Å². The summed E-state index contributed by atoms with van der Waals surface area (Å²) in [6, 6.07) is 11.9. The maximum Gasteiger partial charge on any atom is 0.327 e. The first-order valence-corrected chi connectivity index (χ1v) is 5.61. The van der Waals surface area contributed by atoms with E-state index in [0.717, 1.165) is 5.56 Å². The van der Waals surface area contributed by atoms with Crippen LogP contribution in [-0.2, 0) is 11.2 Å². The second-order valence-corrected chi connectivity index (χ2v) is 4.00. The Morgan fingerprint density at radius 3 is 2.56 bits per heavy atom. The minimum absolute atomic E-state index is 0.353. The number of nitrogens with zero attached hydrogens (tertiary/aromatic N) is 1. The van der Waals surface area contributed by atoms with Crippen molar-refractivity contribution in [2.75, 3.05) is 0 Å². The van der Waals surface area contributed by atoms with Gasteiger partial charge in [0.25, 0.3) is 0 Å². The molecular formula is C14H13NO3. The molecule has 0 fully saturated rings. The smallest absolute Gasteiger partial charge is 0.327 e. The van der Waals surface area contributed by atoms with Gasteiger partial charge in [0.1, 0.15) is 6.04 Å². The van der Waals surface area contributed by atoms with Gasteiger partial charge >= 0.3 is 5.97 Å². The van der Waals surface area contributed by atoms with E-state index in [4.69, 9.17) is 0 Å². The van der Waals surface area contributed by atoms with E-state index in [1.54, 1.807) is 18.3 Å². The van der Waals surface area contributed by atoms with Crippen molar-refractivity contribution in [3.8, 4) is 0 Å². The SMILES string of the molecule is O=Cc1cccn1[C@@H](Cc1ccccc1)C(=O)O. The third kappa shape index (κ3) is 2.48. The standard InChI is InChI=1S/C14H13NO3/c16-10-12-7-4-8-15(12)13(14(17)18)9-11-5-2-1-3-6-11/h1-8,10,13H,9H2,(H,17,18)/t13-/m0/s1. The molecule has 0 unspecified atom stereocenters. The van der Waals surface area contributed by atoms with Crippen molar-refractivity contribution in [2.24, 2.45) is 0 Å². The summed E-state index contributed by atoms with van der Waals surface area (Å²) in [5, 5.41) is 9.29. The first-order valence-electron chi connectivity index (χ1n) is 5.61. The van der Waals surface area contributed by atoms with Gasteiger partial charge in [-0.15, -0.1) is 0 Å². The van der Waals surface area contributed by atoms with E-state index in [-0.39, 0.29) is 0 Å². The first-order chi connectivity index (χ1) is 8.72. The van der Waals surface area contributed by atoms with Crippen molar-refractivity contribution < 1.29 is 14.7 Å². The Morgan fingerprint density at radius 1 is 1.22 bits per heavy atom. The van der Waals surface area contributed by atoms with Crippen LogP contribution in [0.2, 0.25) is 0 Å². The molecule has 1 atom stereocenters. The second kappa shape index (κ2) is 5.31. The number of hydrogen-bond acceptors (Lipinski definition) is 2. The summed E-state index contributed by atoms with van der Waals surface area (Å²) >= 11 is 0. The molecule has 4 nitrogen and oxygen atoms in total. The third-order valence-electron chi connectivity index (χ3n) is 2.83. The summed E-state index contributed by atoms with van der Waals surface area (Å²) in [5.74, 6) is -0.946. The molecule has 4 heteroatoms. The van der Waals surface area contributed by atoms with E-state index in [1.165, 1.54) is 4.57 Å². The molecule has 0 radical (unpaired) electrons. The molecule has 0 spiro atoms. The highest BCUT2D eigenvalue weighted by molar-refractivity contribution is 5.77. The molecule has 0 amide bonds. The van der Waals surface area contributed by atoms with Crippen LogP contribution < -0.4 is 0 Å². The van der Waals surface area contributed by atoms with E-state index in [9.17, 15) is 14.7 Å². The zero-order chi connectivity index (χ0) is 13.0. The number of rotatable bonds is 5. The summed E-state index contributed by atoms with van der Waals surface area (Å²) in [4.78, 5) is 22.2. The van der Waals surface area contributed by atoms with Crippen LogP contribution >= 0.6 is 0 Å². The van der Waals surface area contributed by atoms with E-state index < -0.39 is 12.0 Å². The number of carboxylic acid groups (broad SMARTS) is 1. The molecule has 0 aliphatic rings. The predicted molar refractivity (Wildman–Crippen MR) is 66.6 cm³/mol. The monoisotopic (exact) mass is 243 g/mol. The normalized spacial score (nSPS) is 12.0. The van der Waals surface area contributed by atoms with Crippen LogP contribution in [0.4, 0.5) is 0 Å². The lowest BCUT2D eigenvalue weighted by molar-refractivity contribution is -0.140. The zero-order valence-electron chi connectivity index (χ0n) is 9.69. The molecule has 0 saturated carbocycles. The van der Waals surface area contributed by atoms with Gasteiger partial charge < -0.3 is 9.67 Å². The van der Waals surface area contributed by atoms with E-state index in [1.807, 2.05) is 30.3 Å². The molecule has 2 rings (SSSR count). The van der Waals surface area contributed by atoms with Gasteiger partial charge in [-0.05, 0) is 17.7 Å². The lowest BCUT2D eigenvalue weighted by atomic mass is 10.1. The van der Waals surface area contributed by atoms with Crippen molar-refractivity contribution in [1.29, 1.82) is 0 Å². The van der Waals surface area contributed by atoms with Crippen LogP contribution in [0, 0.1) is 0 Å². The fourth-order valence-corrected chi connectivity index (χ4v) is 1.93. The zero-order valence-corrected chi connectivity index (χ0v) is 9.69. The fourth-order valence-electron chi connectivity index (χ4n) is 1.93. The lowest BCUT2D eigenvalue weighted by Gasteiger charge is -2.16. The van der Waals surface area contributed by atoms with Crippen LogP contribution in [0.5, 0.6) is 0 Å². The van der Waals surface area contributed by atoms with Gasteiger partial charge in [0.05, 0.1) is 5.69 Å². The molecule has 0 aliphatic heterocycles. The number of aldehydes is 1. The molecule has 1 aromatic heterocycles. The number of aliphatic carboxylic acids is 1. The topological polar surface area (TPSA) is 59.3 Å². The Morgan fingerprint density at radius 2 is 1.94 bits per heavy atom. The highest BCUT2D eigenvalue weighted by Crippen LogP contribution is 2.17. The number of hydrogen-bond donors (Lipinski definition) is 1. The molecular weight excluding hydrogens is 230 g/mol. The van der Waals surface area contributed by atoms with Crippen LogP contribution in [0.1, 0.15) is 22.1 Å². The van der Waals surface area contributed by atoms with Gasteiger partial charge in [0, 0.05) is 12.6 Å². The summed E-state index contributed by atoms with van der Waals surface area (Å²) in [7, 11) is 0. The fraction of sp³-hybridized carbons (Fsp3) is 0.143. The maximum absolute atomic E-state index is 11.3. The quantitative estimate of drug-likeness (QED) is 0.819. The van der Waals surface area contributed by atoms with E-state index in [2.05, 4.69) is 0 Å². The first kappa shape index (κ1) is 12.1. The predicted octanol–water partition coefficient (Wildman–Crippen LogP) is 2.17. The van der Waals surface area contributed by atoms with E-state index >= 15 is 0 Å². The summed E-state index contributed by atoms with van der Waals surface area (Å²) in [6.45, 7) is 0. The number of carbonyl (C=O) groups excluding carboxylic acids is 1. The average Bonchev–Trinajstić information content (AvgIpc) is 2.84. The minimum atomic E-state index is -0.946. The Kier molecular flexibility index (Phi) is 3.57. The van der Waals surface area contributed by atoms with Crippen LogP contribution in [-0.4, -0.2) is 21.9 Å². The van der Waals surface area contributed by atoms with Crippen molar-refractivity contribution in [2.45, 2.75) is 12.5 Å². The largest absolute Gasteiger partial charge is 0.480 e. The van der Waals surface area contributed by atoms with Gasteiger partial charge in [0.15, 0.2) is 6.29 Å². The van der Waals surface area contributed by atoms with Crippen molar-refractivity contribution in [1.82, 2.24) is 4.57 Å². The molecule has 0 bridgehead atoms. The van der Waals surface area contributed by atoms with Crippen molar-refractivity contribution >= 4 is 12.3 Å². The number of benzene rings is 1. The second-order valence-electron chi connectivity index (χ2n) is 4.00. The summed E-state index contributed by atoms with van der Waals surface area (Å²) in [6.07, 6.45) is 2.64. The highest BCUT2D eigenvalue weighted by atomic mass is 16.4. The van der Waals surface area contributed by atoms with E-state index in [0.29, 0.717) is 18.4 Å². The lowest BCUT2D eigenvalue weighted by Crippen LogP contribution is -2.22. The molecule has 1 aromatic carbocycles. The molecule has 2 aromatic rings. The van der Waals surface area contributed by atoms with Gasteiger partial charge in [0.2, 0.25) is 0 Å². The highest BCUT2D eigenvalue weighted by Gasteiger charge is 2.21. The van der Waals surface area contributed by atoms with Crippen molar-refractivity contribution in [3.63, 3.8) is 0 Å². The maximum atomic E-state index is 11.3. The molecule has 1 heterocycles. The molecule has 1 N–H and O–H groups in total. The van der Waals surface area contributed by atoms with Gasteiger partial charge in [-0.2, -0.15) is 0 Å². The van der Waals surface area contributed by atoms with Crippen LogP contribution in [0.25, 0.3) is 0 Å². The number of aromatic nitrogens is 1. The van der Waals surface area contributed by atoms with Crippen LogP contribution in [0.15, 0.2) is 48.7 Å². The number of carboxylic acids is 1. The van der Waals surface area contributed by atoms with Crippen molar-refractivity contribution in [3.05, 3.63) is 59.9 Å². The van der Waals surface area contributed by atoms with Gasteiger partial charge in [-0.3, -0.25) is 4.79 Å². The number of carbonyl (C=O) groups is 2. The van der Waals surface area contributed by atoms with Gasteiger partial charge in [-0.25, -0.2) is 4.79 Å². The Balaban J connectivity index is 2.30. The Bertz CT molecular complexity index is 545. The average molecular weight is 243 g/mol. The minimum Gasteiger partial charge on any atom is -0.480 e. The molecule has 18 heavy (non-hydrogen) atoms. The summed E-state index contributed by atoms with van der Waals surface area (Å²) in [5.41, 5.74) is 1.30.